The van der Waals surface area contributed by atoms with Crippen molar-refractivity contribution in [3.63, 3.8) is 0 Å². The molecule has 1 aromatic carbocycles. The molecule has 0 amide bonds. The van der Waals surface area contributed by atoms with Gasteiger partial charge in [0.15, 0.2) is 0 Å². The number of carbonyl (C=O) groups excluding carboxylic acids is 1. The highest BCUT2D eigenvalue weighted by atomic mass is 32.2. The minimum atomic E-state index is -0.232. The smallest absolute Gasteiger partial charge is 0.372 e. The van der Waals surface area contributed by atoms with Crippen LogP contribution in [0.5, 0.6) is 0 Å². The van der Waals surface area contributed by atoms with E-state index in [1.165, 1.54) is 0 Å². The zero-order valence-electron chi connectivity index (χ0n) is 8.40. The fraction of sp³-hybridized carbons (Fsp3) is 0.364. The van der Waals surface area contributed by atoms with Crippen molar-refractivity contribution in [3.8, 4) is 0 Å². The summed E-state index contributed by atoms with van der Waals surface area (Å²) in [7, 11) is 0. The molecule has 0 N–H and O–H groups in total. The lowest BCUT2D eigenvalue weighted by Crippen LogP contribution is -2.04. The number of thioether (sulfide) groups is 1. The molecule has 76 valence electrons. The Balaban J connectivity index is 2.35. The van der Waals surface area contributed by atoms with Crippen molar-refractivity contribution in [2.24, 2.45) is 5.92 Å². The fourth-order valence-corrected chi connectivity index (χ4v) is 1.46. The lowest BCUT2D eigenvalue weighted by Gasteiger charge is -2.05. The SMILES string of the molecule is CC(C)COC(=O)Sc1ccccc1. The molecule has 0 radical (unpaired) electrons. The maximum absolute atomic E-state index is 11.3. The van der Waals surface area contributed by atoms with Crippen molar-refractivity contribution in [1.29, 1.82) is 0 Å². The van der Waals surface area contributed by atoms with Gasteiger partial charge < -0.3 is 4.74 Å². The Hall–Kier alpha value is -0.960. The fourth-order valence-electron chi connectivity index (χ4n) is 0.849. The van der Waals surface area contributed by atoms with Crippen LogP contribution in [0.25, 0.3) is 0 Å². The quantitative estimate of drug-likeness (QED) is 0.563. The summed E-state index contributed by atoms with van der Waals surface area (Å²) in [6.45, 7) is 4.51. The summed E-state index contributed by atoms with van der Waals surface area (Å²) < 4.78 is 5.03. The topological polar surface area (TPSA) is 26.3 Å². The molecule has 3 heteroatoms. The average Bonchev–Trinajstić information content (AvgIpc) is 2.16. The van der Waals surface area contributed by atoms with Gasteiger partial charge in [-0.1, -0.05) is 32.0 Å². The predicted octanol–water partition coefficient (Wildman–Crippen LogP) is 3.57. The number of hydrogen-bond acceptors (Lipinski definition) is 3. The summed E-state index contributed by atoms with van der Waals surface area (Å²) in [6.07, 6.45) is 0. The molecule has 1 rings (SSSR count). The van der Waals surface area contributed by atoms with E-state index in [4.69, 9.17) is 4.74 Å². The van der Waals surface area contributed by atoms with Crippen molar-refractivity contribution in [3.05, 3.63) is 30.3 Å². The van der Waals surface area contributed by atoms with Crippen LogP contribution in [0.1, 0.15) is 13.8 Å². The summed E-state index contributed by atoms with van der Waals surface area (Å²) in [5.41, 5.74) is 0. The van der Waals surface area contributed by atoms with Gasteiger partial charge in [-0.05, 0) is 29.8 Å². The van der Waals surface area contributed by atoms with Crippen LogP contribution in [0.4, 0.5) is 4.79 Å². The van der Waals surface area contributed by atoms with Gasteiger partial charge in [-0.3, -0.25) is 0 Å². The number of benzene rings is 1. The number of rotatable bonds is 3. The van der Waals surface area contributed by atoms with Gasteiger partial charge in [0.05, 0.1) is 6.61 Å². The van der Waals surface area contributed by atoms with Crippen molar-refractivity contribution in [1.82, 2.24) is 0 Å². The van der Waals surface area contributed by atoms with Gasteiger partial charge in [0, 0.05) is 4.90 Å². The molecule has 14 heavy (non-hydrogen) atoms. The molecule has 0 saturated heterocycles. The molecular weight excluding hydrogens is 196 g/mol. The molecule has 0 bridgehead atoms. The van der Waals surface area contributed by atoms with Crippen LogP contribution < -0.4 is 0 Å². The first-order chi connectivity index (χ1) is 6.68. The zero-order valence-corrected chi connectivity index (χ0v) is 9.21. The van der Waals surface area contributed by atoms with E-state index in [1.54, 1.807) is 0 Å². The van der Waals surface area contributed by atoms with Gasteiger partial charge in [-0.2, -0.15) is 0 Å². The average molecular weight is 210 g/mol. The number of carbonyl (C=O) groups is 1. The molecule has 0 fully saturated rings. The van der Waals surface area contributed by atoms with Crippen LogP contribution in [0.3, 0.4) is 0 Å². The Morgan fingerprint density at radius 3 is 2.57 bits per heavy atom. The third-order valence-corrected chi connectivity index (χ3v) is 2.27. The highest BCUT2D eigenvalue weighted by Gasteiger charge is 2.05. The van der Waals surface area contributed by atoms with Crippen LogP contribution in [0.2, 0.25) is 0 Å². The minimum Gasteiger partial charge on any atom is -0.457 e. The third kappa shape index (κ3) is 4.33. The molecular formula is C11H14O2S. The molecule has 0 aliphatic heterocycles. The monoisotopic (exact) mass is 210 g/mol. The molecule has 2 nitrogen and oxygen atoms in total. The number of hydrogen-bond donors (Lipinski definition) is 0. The second kappa shape index (κ2) is 5.70. The standard InChI is InChI=1S/C11H14O2S/c1-9(2)8-13-11(12)14-10-6-4-3-5-7-10/h3-7,9H,8H2,1-2H3. The van der Waals surface area contributed by atoms with Crippen molar-refractivity contribution < 1.29 is 9.53 Å². The lowest BCUT2D eigenvalue weighted by molar-refractivity contribution is 0.160. The van der Waals surface area contributed by atoms with Crippen molar-refractivity contribution >= 4 is 17.1 Å². The Morgan fingerprint density at radius 2 is 2.00 bits per heavy atom. The summed E-state index contributed by atoms with van der Waals surface area (Å²) in [5.74, 6) is 0.385. The van der Waals surface area contributed by atoms with Gasteiger partial charge in [0.1, 0.15) is 0 Å². The second-order valence-corrected chi connectivity index (χ2v) is 4.38. The van der Waals surface area contributed by atoms with Crippen LogP contribution in [-0.4, -0.2) is 11.9 Å². The summed E-state index contributed by atoms with van der Waals surface area (Å²) >= 11 is 1.12. The van der Waals surface area contributed by atoms with E-state index in [9.17, 15) is 4.79 Å². The highest BCUT2D eigenvalue weighted by Crippen LogP contribution is 2.19. The second-order valence-electron chi connectivity index (χ2n) is 3.37. The molecule has 0 aliphatic rings. The largest absolute Gasteiger partial charge is 0.457 e. The maximum Gasteiger partial charge on any atom is 0.372 e. The van der Waals surface area contributed by atoms with Crippen molar-refractivity contribution in [2.45, 2.75) is 18.7 Å². The van der Waals surface area contributed by atoms with E-state index in [0.717, 1.165) is 16.7 Å². The highest BCUT2D eigenvalue weighted by molar-refractivity contribution is 8.13. The van der Waals surface area contributed by atoms with Gasteiger partial charge >= 0.3 is 5.30 Å². The lowest BCUT2D eigenvalue weighted by atomic mass is 10.2. The van der Waals surface area contributed by atoms with Crippen molar-refractivity contribution in [2.75, 3.05) is 6.61 Å². The van der Waals surface area contributed by atoms with E-state index < -0.39 is 0 Å². The van der Waals surface area contributed by atoms with Crippen LogP contribution >= 0.6 is 11.8 Å². The van der Waals surface area contributed by atoms with Gasteiger partial charge in [-0.15, -0.1) is 0 Å². The first-order valence-electron chi connectivity index (χ1n) is 4.58. The Bertz CT molecular complexity index is 283. The summed E-state index contributed by atoms with van der Waals surface area (Å²) in [4.78, 5) is 12.2. The molecule has 0 heterocycles. The van der Waals surface area contributed by atoms with Crippen LogP contribution in [-0.2, 0) is 4.74 Å². The molecule has 0 unspecified atom stereocenters. The Morgan fingerprint density at radius 1 is 1.36 bits per heavy atom. The molecule has 1 aromatic rings. The van der Waals surface area contributed by atoms with Gasteiger partial charge in [-0.25, -0.2) is 4.79 Å². The Labute approximate surface area is 88.7 Å². The summed E-state index contributed by atoms with van der Waals surface area (Å²) in [6, 6.07) is 9.50. The third-order valence-electron chi connectivity index (χ3n) is 1.48. The van der Waals surface area contributed by atoms with Gasteiger partial charge in [0.25, 0.3) is 0 Å². The normalized spacial score (nSPS) is 10.2. The van der Waals surface area contributed by atoms with Crippen LogP contribution in [0, 0.1) is 5.92 Å². The van der Waals surface area contributed by atoms with Gasteiger partial charge in [0.2, 0.25) is 0 Å². The molecule has 0 aromatic heterocycles. The maximum atomic E-state index is 11.3. The molecule has 0 atom stereocenters. The zero-order chi connectivity index (χ0) is 10.4. The molecule has 0 saturated carbocycles. The Kier molecular flexibility index (Phi) is 4.53. The van der Waals surface area contributed by atoms with Crippen LogP contribution in [0.15, 0.2) is 35.2 Å². The van der Waals surface area contributed by atoms with E-state index in [1.807, 2.05) is 44.2 Å². The first-order valence-corrected chi connectivity index (χ1v) is 5.40. The first kappa shape index (κ1) is 11.1. The van der Waals surface area contributed by atoms with E-state index in [0.29, 0.717) is 12.5 Å². The molecule has 0 aliphatic carbocycles. The van der Waals surface area contributed by atoms with E-state index in [-0.39, 0.29) is 5.30 Å². The van der Waals surface area contributed by atoms with E-state index >= 15 is 0 Å². The number of ether oxygens (including phenoxy) is 1. The minimum absolute atomic E-state index is 0.232. The predicted molar refractivity (Wildman–Crippen MR) is 58.5 cm³/mol. The molecule has 0 spiro atoms. The van der Waals surface area contributed by atoms with E-state index in [2.05, 4.69) is 0 Å². The summed E-state index contributed by atoms with van der Waals surface area (Å²) in [5, 5.41) is -0.232.